The summed E-state index contributed by atoms with van der Waals surface area (Å²) in [4.78, 5) is 25.3. The summed E-state index contributed by atoms with van der Waals surface area (Å²) in [5, 5.41) is 6.43. The normalized spacial score (nSPS) is 14.2. The summed E-state index contributed by atoms with van der Waals surface area (Å²) in [6.07, 6.45) is 7.52. The molecule has 5 nitrogen and oxygen atoms in total. The van der Waals surface area contributed by atoms with E-state index in [2.05, 4.69) is 26.6 Å². The second kappa shape index (κ2) is 14.1. The standard InChI is InChI=1S/C35H35BrN2O3/c36-28-19-20-33(37-23-26-9-3-1-4-10-26)32(22-28)35(40)38-29(24-39)21-25-15-17-27(18-16-25)31-13-7-8-14-34(31)41-30-11-5-2-6-12-30/h2,5-8,11-20,22,24,26,29,37H,1,3-4,9-10,21,23H2,(H,38,40)/t29-/m0/s1. The van der Waals surface area contributed by atoms with Crippen molar-refractivity contribution >= 4 is 33.8 Å². The number of halogens is 1. The zero-order valence-corrected chi connectivity index (χ0v) is 24.6. The molecule has 6 heteroatoms. The molecular formula is C35H35BrN2O3. The maximum Gasteiger partial charge on any atom is 0.254 e. The van der Waals surface area contributed by atoms with Gasteiger partial charge in [0.15, 0.2) is 0 Å². The minimum absolute atomic E-state index is 0.266. The van der Waals surface area contributed by atoms with Gasteiger partial charge in [-0.15, -0.1) is 0 Å². The number of anilines is 1. The lowest BCUT2D eigenvalue weighted by molar-refractivity contribution is -0.109. The van der Waals surface area contributed by atoms with Gasteiger partial charge in [0.25, 0.3) is 5.91 Å². The molecule has 0 heterocycles. The number of carbonyl (C=O) groups excluding carboxylic acids is 2. The van der Waals surface area contributed by atoms with Gasteiger partial charge >= 0.3 is 0 Å². The van der Waals surface area contributed by atoms with Crippen molar-refractivity contribution in [2.24, 2.45) is 5.92 Å². The lowest BCUT2D eigenvalue weighted by Gasteiger charge is -2.23. The molecule has 1 aliphatic rings. The van der Waals surface area contributed by atoms with Crippen LogP contribution in [0.1, 0.15) is 48.0 Å². The first kappa shape index (κ1) is 28.6. The predicted octanol–water partition coefficient (Wildman–Crippen LogP) is 8.44. The summed E-state index contributed by atoms with van der Waals surface area (Å²) in [6.45, 7) is 0.852. The minimum atomic E-state index is -0.646. The Hall–Kier alpha value is -3.90. The third kappa shape index (κ3) is 7.86. The number of hydrogen-bond donors (Lipinski definition) is 2. The van der Waals surface area contributed by atoms with Gasteiger partial charge < -0.3 is 20.2 Å². The predicted molar refractivity (Wildman–Crippen MR) is 169 cm³/mol. The Morgan fingerprint density at radius 1 is 0.902 bits per heavy atom. The molecule has 1 atom stereocenters. The van der Waals surface area contributed by atoms with Gasteiger partial charge in [0.1, 0.15) is 17.8 Å². The lowest BCUT2D eigenvalue weighted by Crippen LogP contribution is -2.38. The van der Waals surface area contributed by atoms with Crippen LogP contribution in [0.4, 0.5) is 5.69 Å². The second-order valence-corrected chi connectivity index (χ2v) is 11.5. The van der Waals surface area contributed by atoms with Gasteiger partial charge in [-0.25, -0.2) is 0 Å². The van der Waals surface area contributed by atoms with Crippen molar-refractivity contribution in [1.82, 2.24) is 5.32 Å². The van der Waals surface area contributed by atoms with Crippen LogP contribution in [0.5, 0.6) is 11.5 Å². The number of rotatable bonds is 11. The Labute approximate surface area is 250 Å². The molecule has 4 aromatic rings. The summed E-state index contributed by atoms with van der Waals surface area (Å²) in [5.41, 5.74) is 4.27. The molecule has 1 aliphatic carbocycles. The minimum Gasteiger partial charge on any atom is -0.457 e. The zero-order chi connectivity index (χ0) is 28.4. The molecule has 0 spiro atoms. The van der Waals surface area contributed by atoms with Crippen LogP contribution in [0, 0.1) is 5.92 Å². The van der Waals surface area contributed by atoms with E-state index in [-0.39, 0.29) is 5.91 Å². The Bertz CT molecular complexity index is 1450. The van der Waals surface area contributed by atoms with E-state index in [1.54, 1.807) is 0 Å². The molecule has 0 aromatic heterocycles. The molecule has 41 heavy (non-hydrogen) atoms. The topological polar surface area (TPSA) is 67.4 Å². The molecule has 210 valence electrons. The smallest absolute Gasteiger partial charge is 0.254 e. The van der Waals surface area contributed by atoms with E-state index in [1.165, 1.54) is 32.1 Å². The fourth-order valence-electron chi connectivity index (χ4n) is 5.37. The highest BCUT2D eigenvalue weighted by atomic mass is 79.9. The number of hydrogen-bond acceptors (Lipinski definition) is 4. The van der Waals surface area contributed by atoms with Gasteiger partial charge in [-0.3, -0.25) is 4.79 Å². The van der Waals surface area contributed by atoms with Crippen LogP contribution in [-0.2, 0) is 11.2 Å². The Kier molecular flexibility index (Phi) is 9.87. The van der Waals surface area contributed by atoms with Crippen molar-refractivity contribution in [2.45, 2.75) is 44.6 Å². The Morgan fingerprint density at radius 2 is 1.63 bits per heavy atom. The average molecular weight is 612 g/mol. The number of carbonyl (C=O) groups is 2. The van der Waals surface area contributed by atoms with Crippen molar-refractivity contribution in [3.8, 4) is 22.6 Å². The maximum absolute atomic E-state index is 13.3. The maximum atomic E-state index is 13.3. The molecule has 2 N–H and O–H groups in total. The summed E-state index contributed by atoms with van der Waals surface area (Å²) in [6, 6.07) is 30.7. The van der Waals surface area contributed by atoms with Crippen LogP contribution >= 0.6 is 15.9 Å². The Morgan fingerprint density at radius 3 is 2.39 bits per heavy atom. The molecule has 0 radical (unpaired) electrons. The molecule has 5 rings (SSSR count). The van der Waals surface area contributed by atoms with Gasteiger partial charge in [0, 0.05) is 22.3 Å². The monoisotopic (exact) mass is 610 g/mol. The van der Waals surface area contributed by atoms with E-state index >= 15 is 0 Å². The van der Waals surface area contributed by atoms with Crippen LogP contribution in [0.2, 0.25) is 0 Å². The van der Waals surface area contributed by atoms with Crippen LogP contribution in [0.25, 0.3) is 11.1 Å². The first-order valence-electron chi connectivity index (χ1n) is 14.3. The van der Waals surface area contributed by atoms with E-state index in [0.29, 0.717) is 17.9 Å². The van der Waals surface area contributed by atoms with Crippen LogP contribution in [-0.4, -0.2) is 24.8 Å². The van der Waals surface area contributed by atoms with Crippen molar-refractivity contribution in [1.29, 1.82) is 0 Å². The summed E-state index contributed by atoms with van der Waals surface area (Å²) in [7, 11) is 0. The molecule has 4 aromatic carbocycles. The third-order valence-corrected chi connectivity index (χ3v) is 8.08. The first-order chi connectivity index (χ1) is 20.1. The van der Waals surface area contributed by atoms with Crippen molar-refractivity contribution < 1.29 is 14.3 Å². The van der Waals surface area contributed by atoms with E-state index in [1.807, 2.05) is 97.1 Å². The van der Waals surface area contributed by atoms with E-state index in [4.69, 9.17) is 4.74 Å². The fraction of sp³-hybridized carbons (Fsp3) is 0.257. The van der Waals surface area contributed by atoms with Gasteiger partial charge in [-0.05, 0) is 72.7 Å². The lowest BCUT2D eigenvalue weighted by atomic mass is 9.89. The third-order valence-electron chi connectivity index (χ3n) is 7.59. The SMILES string of the molecule is O=C[C@H](Cc1ccc(-c2ccccc2Oc2ccccc2)cc1)NC(=O)c1cc(Br)ccc1NCC1CCCCC1. The van der Waals surface area contributed by atoms with E-state index in [0.717, 1.165) is 51.2 Å². The van der Waals surface area contributed by atoms with E-state index in [9.17, 15) is 9.59 Å². The molecule has 1 amide bonds. The van der Waals surface area contributed by atoms with E-state index < -0.39 is 6.04 Å². The molecular weight excluding hydrogens is 576 g/mol. The first-order valence-corrected chi connectivity index (χ1v) is 15.1. The molecule has 0 unspecified atom stereocenters. The quantitative estimate of drug-likeness (QED) is 0.167. The number of amides is 1. The highest BCUT2D eigenvalue weighted by molar-refractivity contribution is 9.10. The highest BCUT2D eigenvalue weighted by Crippen LogP contribution is 2.33. The number of ether oxygens (including phenoxy) is 1. The summed E-state index contributed by atoms with van der Waals surface area (Å²) in [5.74, 6) is 1.91. The van der Waals surface area contributed by atoms with Crippen LogP contribution in [0.3, 0.4) is 0 Å². The Balaban J connectivity index is 1.24. The summed E-state index contributed by atoms with van der Waals surface area (Å²) < 4.78 is 6.95. The van der Waals surface area contributed by atoms with Crippen molar-refractivity contribution in [2.75, 3.05) is 11.9 Å². The molecule has 0 saturated heterocycles. The molecule has 1 fully saturated rings. The number of para-hydroxylation sites is 2. The highest BCUT2D eigenvalue weighted by Gasteiger charge is 2.19. The van der Waals surface area contributed by atoms with Crippen molar-refractivity contribution in [3.63, 3.8) is 0 Å². The van der Waals surface area contributed by atoms with Gasteiger partial charge in [-0.2, -0.15) is 0 Å². The van der Waals surface area contributed by atoms with Gasteiger partial charge in [0.05, 0.1) is 11.6 Å². The average Bonchev–Trinajstić information content (AvgIpc) is 3.02. The second-order valence-electron chi connectivity index (χ2n) is 10.6. The summed E-state index contributed by atoms with van der Waals surface area (Å²) >= 11 is 3.49. The fourth-order valence-corrected chi connectivity index (χ4v) is 5.73. The van der Waals surface area contributed by atoms with Crippen molar-refractivity contribution in [3.05, 3.63) is 113 Å². The zero-order valence-electron chi connectivity index (χ0n) is 23.0. The molecule has 0 aliphatic heterocycles. The van der Waals surface area contributed by atoms with Gasteiger partial charge in [0.2, 0.25) is 0 Å². The van der Waals surface area contributed by atoms with Crippen LogP contribution in [0.15, 0.2) is 102 Å². The number of nitrogens with one attached hydrogen (secondary N) is 2. The molecule has 1 saturated carbocycles. The molecule has 0 bridgehead atoms. The largest absolute Gasteiger partial charge is 0.457 e. The number of aldehydes is 1. The van der Waals surface area contributed by atoms with Gasteiger partial charge in [-0.1, -0.05) is 95.9 Å². The van der Waals surface area contributed by atoms with Crippen LogP contribution < -0.4 is 15.4 Å². The number of benzene rings is 4.